The molecule has 2 heterocycles. The number of nitrogens with zero attached hydrogens (tertiary/aromatic N) is 2. The zero-order valence-corrected chi connectivity index (χ0v) is 14.0. The van der Waals surface area contributed by atoms with Crippen LogP contribution in [0.5, 0.6) is 0 Å². The minimum Gasteiger partial charge on any atom is -0.444 e. The predicted molar refractivity (Wildman–Crippen MR) is 84.7 cm³/mol. The van der Waals surface area contributed by atoms with Gasteiger partial charge in [-0.3, -0.25) is 4.79 Å². The molecule has 22 heavy (non-hydrogen) atoms. The molecule has 0 aromatic carbocycles. The number of hydrogen-bond acceptors (Lipinski definition) is 3. The Morgan fingerprint density at radius 2 is 1.73 bits per heavy atom. The van der Waals surface area contributed by atoms with E-state index in [1.165, 1.54) is 12.8 Å². The van der Waals surface area contributed by atoms with E-state index in [0.717, 1.165) is 12.8 Å². The van der Waals surface area contributed by atoms with E-state index in [-0.39, 0.29) is 11.9 Å². The Hall–Kier alpha value is -1.50. The summed E-state index contributed by atoms with van der Waals surface area (Å²) in [4.78, 5) is 28.0. The summed E-state index contributed by atoms with van der Waals surface area (Å²) in [5.41, 5.74) is 0. The topological polar surface area (TPSA) is 65.8 Å². The van der Waals surface area contributed by atoms with Gasteiger partial charge in [-0.15, -0.1) is 0 Å². The van der Waals surface area contributed by atoms with Gasteiger partial charge in [0.2, 0.25) is 0 Å². The lowest BCUT2D eigenvalue weighted by atomic mass is 10.2. The molecule has 120 valence electrons. The lowest BCUT2D eigenvalue weighted by molar-refractivity contribution is 0.0631. The molecule has 0 unspecified atom stereocenters. The molecule has 1 saturated carbocycles. The highest BCUT2D eigenvalue weighted by Crippen LogP contribution is 2.19. The number of furan rings is 1. The van der Waals surface area contributed by atoms with Gasteiger partial charge in [0.05, 0.1) is 0 Å². The van der Waals surface area contributed by atoms with Crippen molar-refractivity contribution in [2.45, 2.75) is 31.7 Å². The van der Waals surface area contributed by atoms with Crippen LogP contribution in [0.3, 0.4) is 0 Å². The van der Waals surface area contributed by atoms with E-state index in [1.54, 1.807) is 21.9 Å². The SMILES string of the molecule is O=C(NC1CCCC1)N1CCN(C(=O)c2ccc(Br)o2)CC1. The lowest BCUT2D eigenvalue weighted by Crippen LogP contribution is -2.54. The Morgan fingerprint density at radius 3 is 2.32 bits per heavy atom. The minimum atomic E-state index is -0.124. The first kappa shape index (κ1) is 15.4. The number of urea groups is 1. The van der Waals surface area contributed by atoms with Gasteiger partial charge in [-0.2, -0.15) is 0 Å². The van der Waals surface area contributed by atoms with Gasteiger partial charge in [-0.1, -0.05) is 12.8 Å². The van der Waals surface area contributed by atoms with Crippen molar-refractivity contribution < 1.29 is 14.0 Å². The van der Waals surface area contributed by atoms with Crippen LogP contribution in [-0.4, -0.2) is 54.0 Å². The Bertz CT molecular complexity index is 546. The van der Waals surface area contributed by atoms with E-state index in [9.17, 15) is 9.59 Å². The third-order valence-electron chi connectivity index (χ3n) is 4.32. The molecule has 0 spiro atoms. The van der Waals surface area contributed by atoms with Crippen molar-refractivity contribution in [1.82, 2.24) is 15.1 Å². The molecule has 1 aromatic heterocycles. The number of amides is 3. The van der Waals surface area contributed by atoms with Crippen molar-refractivity contribution >= 4 is 27.9 Å². The van der Waals surface area contributed by atoms with Gasteiger partial charge >= 0.3 is 6.03 Å². The average Bonchev–Trinajstić information content (AvgIpc) is 3.18. The monoisotopic (exact) mass is 369 g/mol. The van der Waals surface area contributed by atoms with Crippen molar-refractivity contribution in [1.29, 1.82) is 0 Å². The maximum atomic E-state index is 12.3. The first-order chi connectivity index (χ1) is 10.6. The van der Waals surface area contributed by atoms with Gasteiger partial charge in [-0.05, 0) is 40.9 Å². The van der Waals surface area contributed by atoms with Crippen LogP contribution in [0.2, 0.25) is 0 Å². The molecule has 3 amide bonds. The zero-order chi connectivity index (χ0) is 15.5. The number of hydrogen-bond donors (Lipinski definition) is 1. The fourth-order valence-electron chi connectivity index (χ4n) is 3.03. The van der Waals surface area contributed by atoms with Crippen LogP contribution >= 0.6 is 15.9 Å². The summed E-state index contributed by atoms with van der Waals surface area (Å²) in [5.74, 6) is 0.206. The van der Waals surface area contributed by atoms with Gasteiger partial charge in [0.25, 0.3) is 5.91 Å². The van der Waals surface area contributed by atoms with Crippen molar-refractivity contribution in [3.05, 3.63) is 22.6 Å². The van der Waals surface area contributed by atoms with Gasteiger partial charge in [-0.25, -0.2) is 4.79 Å². The predicted octanol–water partition coefficient (Wildman–Crippen LogP) is 2.45. The molecule has 1 aromatic rings. The molecule has 1 aliphatic carbocycles. The normalized spacial score (nSPS) is 19.5. The summed E-state index contributed by atoms with van der Waals surface area (Å²) in [5, 5.41) is 3.09. The molecule has 6 nitrogen and oxygen atoms in total. The van der Waals surface area contributed by atoms with E-state index in [2.05, 4.69) is 21.2 Å². The van der Waals surface area contributed by atoms with Crippen LogP contribution in [-0.2, 0) is 0 Å². The van der Waals surface area contributed by atoms with E-state index in [4.69, 9.17) is 4.42 Å². The Morgan fingerprint density at radius 1 is 1.09 bits per heavy atom. The molecular formula is C15H20BrN3O3. The first-order valence-corrected chi connectivity index (χ1v) is 8.53. The summed E-state index contributed by atoms with van der Waals surface area (Å²) >= 11 is 3.20. The minimum absolute atomic E-state index is 0.000239. The number of rotatable bonds is 2. The molecule has 3 rings (SSSR count). The highest BCUT2D eigenvalue weighted by atomic mass is 79.9. The molecule has 7 heteroatoms. The second-order valence-corrected chi connectivity index (χ2v) is 6.60. The number of carbonyl (C=O) groups excluding carboxylic acids is 2. The summed E-state index contributed by atoms with van der Waals surface area (Å²) < 4.78 is 5.84. The fraction of sp³-hybridized carbons (Fsp3) is 0.600. The smallest absolute Gasteiger partial charge is 0.317 e. The van der Waals surface area contributed by atoms with Gasteiger partial charge in [0.15, 0.2) is 10.4 Å². The van der Waals surface area contributed by atoms with Gasteiger partial charge in [0, 0.05) is 32.2 Å². The summed E-state index contributed by atoms with van der Waals surface area (Å²) in [6.07, 6.45) is 4.56. The molecule has 0 bridgehead atoms. The van der Waals surface area contributed by atoms with E-state index >= 15 is 0 Å². The van der Waals surface area contributed by atoms with Gasteiger partial charge in [0.1, 0.15) is 0 Å². The van der Waals surface area contributed by atoms with Crippen LogP contribution in [0.25, 0.3) is 0 Å². The van der Waals surface area contributed by atoms with E-state index < -0.39 is 0 Å². The standard InChI is InChI=1S/C15H20BrN3O3/c16-13-6-5-12(22-13)14(20)18-7-9-19(10-8-18)15(21)17-11-3-1-2-4-11/h5-6,11H,1-4,7-10H2,(H,17,21). The van der Waals surface area contributed by atoms with Crippen LogP contribution in [0.15, 0.2) is 21.2 Å². The lowest BCUT2D eigenvalue weighted by Gasteiger charge is -2.34. The highest BCUT2D eigenvalue weighted by Gasteiger charge is 2.27. The molecule has 2 fully saturated rings. The first-order valence-electron chi connectivity index (χ1n) is 7.73. The van der Waals surface area contributed by atoms with Crippen molar-refractivity contribution in [3.8, 4) is 0 Å². The Labute approximate surface area is 137 Å². The van der Waals surface area contributed by atoms with Crippen molar-refractivity contribution in [2.24, 2.45) is 0 Å². The van der Waals surface area contributed by atoms with Crippen molar-refractivity contribution in [3.63, 3.8) is 0 Å². The van der Waals surface area contributed by atoms with E-state index in [0.29, 0.717) is 42.7 Å². The van der Waals surface area contributed by atoms with Crippen LogP contribution in [0.4, 0.5) is 4.79 Å². The van der Waals surface area contributed by atoms with Crippen molar-refractivity contribution in [2.75, 3.05) is 26.2 Å². The third kappa shape index (κ3) is 3.45. The average molecular weight is 370 g/mol. The number of carbonyl (C=O) groups is 2. The van der Waals surface area contributed by atoms with E-state index in [1.807, 2.05) is 0 Å². The number of halogens is 1. The van der Waals surface area contributed by atoms with Gasteiger partial charge < -0.3 is 19.5 Å². The van der Waals surface area contributed by atoms with Crippen LogP contribution in [0, 0.1) is 0 Å². The Kier molecular flexibility index (Phi) is 4.71. The molecular weight excluding hydrogens is 350 g/mol. The number of piperazine rings is 1. The Balaban J connectivity index is 1.49. The van der Waals surface area contributed by atoms with Crippen LogP contribution < -0.4 is 5.32 Å². The highest BCUT2D eigenvalue weighted by molar-refractivity contribution is 9.10. The second kappa shape index (κ2) is 6.73. The largest absolute Gasteiger partial charge is 0.444 e. The maximum Gasteiger partial charge on any atom is 0.317 e. The molecule has 1 aliphatic heterocycles. The molecule has 1 saturated heterocycles. The molecule has 0 radical (unpaired) electrons. The number of nitrogens with one attached hydrogen (secondary N) is 1. The summed E-state index contributed by atoms with van der Waals surface area (Å²) in [6.45, 7) is 2.20. The zero-order valence-electron chi connectivity index (χ0n) is 12.4. The van der Waals surface area contributed by atoms with Crippen LogP contribution in [0.1, 0.15) is 36.2 Å². The fourth-order valence-corrected chi connectivity index (χ4v) is 3.34. The third-order valence-corrected chi connectivity index (χ3v) is 4.75. The summed E-state index contributed by atoms with van der Waals surface area (Å²) in [6, 6.07) is 3.69. The second-order valence-electron chi connectivity index (χ2n) is 5.81. The molecule has 2 aliphatic rings. The quantitative estimate of drug-likeness (QED) is 0.870. The summed E-state index contributed by atoms with van der Waals surface area (Å²) in [7, 11) is 0. The molecule has 0 atom stereocenters. The molecule has 1 N–H and O–H groups in total. The maximum absolute atomic E-state index is 12.3.